The highest BCUT2D eigenvalue weighted by atomic mass is 15.1. The molecular formula is C20H21N5. The molecule has 1 aliphatic heterocycles. The van der Waals surface area contributed by atoms with E-state index < -0.39 is 0 Å². The molecule has 0 amide bonds. The average molecular weight is 331 g/mol. The van der Waals surface area contributed by atoms with Crippen molar-refractivity contribution in [3.63, 3.8) is 0 Å². The van der Waals surface area contributed by atoms with Crippen LogP contribution in [0.25, 0.3) is 11.3 Å². The minimum Gasteiger partial charge on any atom is -0.297 e. The molecule has 4 rings (SSSR count). The van der Waals surface area contributed by atoms with E-state index in [0.29, 0.717) is 0 Å². The summed E-state index contributed by atoms with van der Waals surface area (Å²) in [6.45, 7) is 4.91. The van der Waals surface area contributed by atoms with E-state index in [1.807, 2.05) is 37.5 Å². The van der Waals surface area contributed by atoms with E-state index in [0.717, 1.165) is 55.1 Å². The highest BCUT2D eigenvalue weighted by molar-refractivity contribution is 5.63. The van der Waals surface area contributed by atoms with Crippen LogP contribution in [0.3, 0.4) is 0 Å². The average Bonchev–Trinajstić information content (AvgIpc) is 2.85. The van der Waals surface area contributed by atoms with E-state index in [2.05, 4.69) is 37.0 Å². The van der Waals surface area contributed by atoms with Crippen molar-refractivity contribution in [2.75, 3.05) is 13.1 Å². The lowest BCUT2D eigenvalue weighted by atomic mass is 10.0. The minimum atomic E-state index is 0.883. The second-order valence-corrected chi connectivity index (χ2v) is 6.43. The molecule has 0 aliphatic carbocycles. The molecule has 0 N–H and O–H groups in total. The zero-order chi connectivity index (χ0) is 17.1. The molecule has 0 radical (unpaired) electrons. The summed E-state index contributed by atoms with van der Waals surface area (Å²) in [6.07, 6.45) is 7.22. The van der Waals surface area contributed by atoms with Crippen LogP contribution in [0.4, 0.5) is 0 Å². The number of nitrogens with zero attached hydrogens (tertiary/aromatic N) is 5. The second-order valence-electron chi connectivity index (χ2n) is 6.43. The minimum absolute atomic E-state index is 0.883. The maximum absolute atomic E-state index is 4.64. The van der Waals surface area contributed by atoms with E-state index in [1.54, 1.807) is 6.33 Å². The van der Waals surface area contributed by atoms with Gasteiger partial charge in [0.2, 0.25) is 0 Å². The molecule has 0 spiro atoms. The molecule has 0 saturated carbocycles. The van der Waals surface area contributed by atoms with Crippen molar-refractivity contribution < 1.29 is 0 Å². The highest BCUT2D eigenvalue weighted by Gasteiger charge is 2.19. The van der Waals surface area contributed by atoms with Crippen molar-refractivity contribution in [1.29, 1.82) is 0 Å². The number of pyridine rings is 2. The van der Waals surface area contributed by atoms with E-state index in [9.17, 15) is 0 Å². The summed E-state index contributed by atoms with van der Waals surface area (Å²) in [6, 6.07) is 10.3. The first-order valence-corrected chi connectivity index (χ1v) is 8.67. The SMILES string of the molecule is Cc1cccc(CN2CCc3ncnc(-c4ccncc4)c3CC2)n1. The van der Waals surface area contributed by atoms with Crippen LogP contribution >= 0.6 is 0 Å². The van der Waals surface area contributed by atoms with Gasteiger partial charge in [0.15, 0.2) is 0 Å². The fraction of sp³-hybridized carbons (Fsp3) is 0.300. The van der Waals surface area contributed by atoms with Gasteiger partial charge in [0.25, 0.3) is 0 Å². The van der Waals surface area contributed by atoms with Gasteiger partial charge in [-0.25, -0.2) is 9.97 Å². The summed E-state index contributed by atoms with van der Waals surface area (Å²) in [5.41, 5.74) is 6.80. The normalized spacial score (nSPS) is 14.8. The van der Waals surface area contributed by atoms with Gasteiger partial charge in [-0.3, -0.25) is 14.9 Å². The molecule has 0 saturated heterocycles. The first-order chi connectivity index (χ1) is 12.3. The quantitative estimate of drug-likeness (QED) is 0.739. The van der Waals surface area contributed by atoms with Crippen molar-refractivity contribution in [2.45, 2.75) is 26.3 Å². The Morgan fingerprint density at radius 1 is 1.00 bits per heavy atom. The third-order valence-corrected chi connectivity index (χ3v) is 4.66. The molecule has 4 heterocycles. The molecule has 0 unspecified atom stereocenters. The Labute approximate surface area is 147 Å². The molecule has 1 aliphatic rings. The van der Waals surface area contributed by atoms with Crippen LogP contribution in [0.2, 0.25) is 0 Å². The molecule has 5 heteroatoms. The number of hydrogen-bond donors (Lipinski definition) is 0. The monoisotopic (exact) mass is 331 g/mol. The van der Waals surface area contributed by atoms with Gasteiger partial charge in [0, 0.05) is 61.0 Å². The summed E-state index contributed by atoms with van der Waals surface area (Å²) < 4.78 is 0. The van der Waals surface area contributed by atoms with Gasteiger partial charge in [0.05, 0.1) is 11.4 Å². The van der Waals surface area contributed by atoms with Crippen LogP contribution in [0.15, 0.2) is 49.1 Å². The summed E-state index contributed by atoms with van der Waals surface area (Å²) in [7, 11) is 0. The number of aryl methyl sites for hydroxylation is 1. The largest absolute Gasteiger partial charge is 0.297 e. The van der Waals surface area contributed by atoms with Gasteiger partial charge in [-0.15, -0.1) is 0 Å². The first-order valence-electron chi connectivity index (χ1n) is 8.67. The Morgan fingerprint density at radius 3 is 2.68 bits per heavy atom. The lowest BCUT2D eigenvalue weighted by Crippen LogP contribution is -2.26. The molecule has 0 atom stereocenters. The van der Waals surface area contributed by atoms with Crippen molar-refractivity contribution in [3.8, 4) is 11.3 Å². The third kappa shape index (κ3) is 3.56. The number of aromatic nitrogens is 4. The Kier molecular flexibility index (Phi) is 4.48. The standard InChI is InChI=1S/C20H21N5/c1-15-3-2-4-17(24-15)13-25-11-7-18-19(8-12-25)22-14-23-20(18)16-5-9-21-10-6-16/h2-6,9-10,14H,7-8,11-13H2,1H3. The lowest BCUT2D eigenvalue weighted by molar-refractivity contribution is 0.275. The summed E-state index contributed by atoms with van der Waals surface area (Å²) in [5.74, 6) is 0. The van der Waals surface area contributed by atoms with Gasteiger partial charge in [-0.05, 0) is 37.6 Å². The topological polar surface area (TPSA) is 54.8 Å². The third-order valence-electron chi connectivity index (χ3n) is 4.66. The van der Waals surface area contributed by atoms with E-state index in [1.165, 1.54) is 11.3 Å². The van der Waals surface area contributed by atoms with Crippen LogP contribution < -0.4 is 0 Å². The summed E-state index contributed by atoms with van der Waals surface area (Å²) in [5, 5.41) is 0. The van der Waals surface area contributed by atoms with Gasteiger partial charge >= 0.3 is 0 Å². The van der Waals surface area contributed by atoms with Gasteiger partial charge in [0.1, 0.15) is 6.33 Å². The number of hydrogen-bond acceptors (Lipinski definition) is 5. The maximum Gasteiger partial charge on any atom is 0.116 e. The molecular weight excluding hydrogens is 310 g/mol. The molecule has 0 bridgehead atoms. The van der Waals surface area contributed by atoms with E-state index in [-0.39, 0.29) is 0 Å². The van der Waals surface area contributed by atoms with Crippen molar-refractivity contribution >= 4 is 0 Å². The zero-order valence-corrected chi connectivity index (χ0v) is 14.4. The predicted octanol–water partition coefficient (Wildman–Crippen LogP) is 2.84. The smallest absolute Gasteiger partial charge is 0.116 e. The number of rotatable bonds is 3. The van der Waals surface area contributed by atoms with Crippen LogP contribution in [0.5, 0.6) is 0 Å². The molecule has 0 aromatic carbocycles. The van der Waals surface area contributed by atoms with Crippen molar-refractivity contribution in [1.82, 2.24) is 24.8 Å². The molecule has 3 aromatic rings. The van der Waals surface area contributed by atoms with Crippen LogP contribution in [-0.4, -0.2) is 37.9 Å². The molecule has 3 aromatic heterocycles. The fourth-order valence-corrected chi connectivity index (χ4v) is 3.41. The predicted molar refractivity (Wildman–Crippen MR) is 96.9 cm³/mol. The van der Waals surface area contributed by atoms with Gasteiger partial charge < -0.3 is 0 Å². The van der Waals surface area contributed by atoms with E-state index in [4.69, 9.17) is 0 Å². The maximum atomic E-state index is 4.64. The Bertz CT molecular complexity index is 863. The Hall–Kier alpha value is -2.66. The highest BCUT2D eigenvalue weighted by Crippen LogP contribution is 2.25. The molecule has 25 heavy (non-hydrogen) atoms. The zero-order valence-electron chi connectivity index (χ0n) is 14.4. The van der Waals surface area contributed by atoms with Crippen LogP contribution in [0.1, 0.15) is 22.6 Å². The molecule has 126 valence electrons. The van der Waals surface area contributed by atoms with Crippen molar-refractivity contribution in [3.05, 3.63) is 71.7 Å². The van der Waals surface area contributed by atoms with E-state index >= 15 is 0 Å². The summed E-state index contributed by atoms with van der Waals surface area (Å²) in [4.78, 5) is 20.3. The van der Waals surface area contributed by atoms with Crippen LogP contribution in [-0.2, 0) is 19.4 Å². The van der Waals surface area contributed by atoms with Gasteiger partial charge in [-0.1, -0.05) is 6.07 Å². The Morgan fingerprint density at radius 2 is 1.84 bits per heavy atom. The number of fused-ring (bicyclic) bond motifs is 1. The molecule has 5 nitrogen and oxygen atoms in total. The Balaban J connectivity index is 1.56. The molecule has 0 fully saturated rings. The second kappa shape index (κ2) is 7.07. The van der Waals surface area contributed by atoms with Gasteiger partial charge in [-0.2, -0.15) is 0 Å². The van der Waals surface area contributed by atoms with Crippen LogP contribution in [0, 0.1) is 6.92 Å². The summed E-state index contributed by atoms with van der Waals surface area (Å²) >= 11 is 0. The lowest BCUT2D eigenvalue weighted by Gasteiger charge is -2.19. The first kappa shape index (κ1) is 15.8. The van der Waals surface area contributed by atoms with Crippen molar-refractivity contribution in [2.24, 2.45) is 0 Å². The fourth-order valence-electron chi connectivity index (χ4n) is 3.41.